The molecule has 14 nitrogen and oxygen atoms in total. The van der Waals surface area contributed by atoms with Crippen molar-refractivity contribution >= 4 is 11.9 Å². The van der Waals surface area contributed by atoms with E-state index in [1.807, 2.05) is 0 Å². The van der Waals surface area contributed by atoms with Crippen LogP contribution in [-0.4, -0.2) is 50.2 Å². The molecule has 0 radical (unpaired) electrons. The molecule has 0 saturated heterocycles. The van der Waals surface area contributed by atoms with E-state index in [1.54, 1.807) is 0 Å². The zero-order chi connectivity index (χ0) is 12.6. The molecular weight excluding hydrogens is 242 g/mol. The van der Waals surface area contributed by atoms with Crippen molar-refractivity contribution in [1.82, 2.24) is 35.1 Å². The second-order valence-corrected chi connectivity index (χ2v) is 2.51. The highest BCUT2D eigenvalue weighted by molar-refractivity contribution is 5.23. The SMILES string of the molecule is O=[N+]([O-])c1nc([N+](=O)[O-])n(-c2nnnn2O)n1. The molecule has 2 aromatic rings. The fraction of sp³-hybridized carbons (Fsp3) is 0. The number of aromatic nitrogens is 7. The van der Waals surface area contributed by atoms with Crippen molar-refractivity contribution in [3.05, 3.63) is 20.2 Å². The summed E-state index contributed by atoms with van der Waals surface area (Å²) in [5.41, 5.74) is 0. The van der Waals surface area contributed by atoms with Crippen LogP contribution in [0, 0.1) is 20.2 Å². The largest absolute Gasteiger partial charge is 0.509 e. The molecular formula is C3HN9O5. The molecule has 0 amide bonds. The van der Waals surface area contributed by atoms with Crippen LogP contribution in [0.3, 0.4) is 0 Å². The number of nitro groups is 2. The Bertz CT molecular complexity index is 598. The quantitative estimate of drug-likeness (QED) is 0.370. The minimum atomic E-state index is -1.03. The highest BCUT2D eigenvalue weighted by Gasteiger charge is 2.33. The first-order chi connectivity index (χ1) is 8.00. The van der Waals surface area contributed by atoms with E-state index in [-0.39, 0.29) is 4.85 Å². The summed E-state index contributed by atoms with van der Waals surface area (Å²) in [6.07, 6.45) is 0. The van der Waals surface area contributed by atoms with E-state index >= 15 is 0 Å². The summed E-state index contributed by atoms with van der Waals surface area (Å²) >= 11 is 0. The van der Waals surface area contributed by atoms with Crippen molar-refractivity contribution in [1.29, 1.82) is 0 Å². The Morgan fingerprint density at radius 2 is 1.94 bits per heavy atom. The van der Waals surface area contributed by atoms with E-state index in [0.717, 1.165) is 0 Å². The van der Waals surface area contributed by atoms with Crippen molar-refractivity contribution in [2.45, 2.75) is 0 Å². The summed E-state index contributed by atoms with van der Waals surface area (Å²) in [6.45, 7) is 0. The number of hydrogen-bond donors (Lipinski definition) is 1. The van der Waals surface area contributed by atoms with E-state index in [4.69, 9.17) is 5.21 Å². The summed E-state index contributed by atoms with van der Waals surface area (Å²) in [6, 6.07) is 0. The van der Waals surface area contributed by atoms with Gasteiger partial charge in [0.25, 0.3) is 0 Å². The van der Waals surface area contributed by atoms with E-state index < -0.39 is 27.7 Å². The maximum absolute atomic E-state index is 10.6. The van der Waals surface area contributed by atoms with Gasteiger partial charge in [-0.2, -0.15) is 0 Å². The molecule has 0 atom stereocenters. The lowest BCUT2D eigenvalue weighted by Gasteiger charge is -1.91. The van der Waals surface area contributed by atoms with Gasteiger partial charge >= 0.3 is 17.8 Å². The molecule has 0 spiro atoms. The summed E-state index contributed by atoms with van der Waals surface area (Å²) in [5, 5.41) is 42.3. The molecule has 0 aliphatic rings. The first-order valence-corrected chi connectivity index (χ1v) is 3.74. The lowest BCUT2D eigenvalue weighted by atomic mass is 10.9. The van der Waals surface area contributed by atoms with Gasteiger partial charge in [-0.25, -0.2) is 0 Å². The molecule has 17 heavy (non-hydrogen) atoms. The predicted molar refractivity (Wildman–Crippen MR) is 43.2 cm³/mol. The van der Waals surface area contributed by atoms with Crippen LogP contribution in [0.5, 0.6) is 0 Å². The minimum Gasteiger partial charge on any atom is -0.406 e. The first-order valence-electron chi connectivity index (χ1n) is 3.74. The molecule has 0 aliphatic carbocycles. The van der Waals surface area contributed by atoms with Crippen molar-refractivity contribution in [3.8, 4) is 5.95 Å². The zero-order valence-electron chi connectivity index (χ0n) is 7.61. The second-order valence-electron chi connectivity index (χ2n) is 2.51. The summed E-state index contributed by atoms with van der Waals surface area (Å²) in [7, 11) is 0. The normalized spacial score (nSPS) is 10.4. The zero-order valence-corrected chi connectivity index (χ0v) is 7.61. The standard InChI is InChI=1S/C3HN9O5/c13-10-3(5-7-8-10)9-2(12(16)17)4-1(6-9)11(14)15/h13H. The average Bonchev–Trinajstić information content (AvgIpc) is 2.82. The van der Waals surface area contributed by atoms with E-state index in [0.29, 0.717) is 4.68 Å². The monoisotopic (exact) mass is 243 g/mol. The third-order valence-corrected chi connectivity index (χ3v) is 1.53. The number of nitrogens with zero attached hydrogens (tertiary/aromatic N) is 9. The molecule has 2 rings (SSSR count). The van der Waals surface area contributed by atoms with Crippen LogP contribution in [0.2, 0.25) is 0 Å². The van der Waals surface area contributed by atoms with Crippen LogP contribution in [-0.2, 0) is 0 Å². The Kier molecular flexibility index (Phi) is 2.09. The Hall–Kier alpha value is -3.19. The topological polar surface area (TPSA) is 181 Å². The van der Waals surface area contributed by atoms with Crippen LogP contribution in [0.25, 0.3) is 5.95 Å². The molecule has 1 N–H and O–H groups in total. The van der Waals surface area contributed by atoms with Gasteiger partial charge in [0.2, 0.25) is 0 Å². The van der Waals surface area contributed by atoms with Crippen LogP contribution in [0.15, 0.2) is 0 Å². The van der Waals surface area contributed by atoms with Crippen molar-refractivity contribution in [2.24, 2.45) is 0 Å². The summed E-state index contributed by atoms with van der Waals surface area (Å²) < 4.78 is 0.331. The summed E-state index contributed by atoms with van der Waals surface area (Å²) in [5.74, 6) is -2.61. The van der Waals surface area contributed by atoms with Gasteiger partial charge in [0, 0.05) is 9.67 Å². The average molecular weight is 243 g/mol. The highest BCUT2D eigenvalue weighted by atomic mass is 16.6. The van der Waals surface area contributed by atoms with Gasteiger partial charge in [-0.15, -0.1) is 0 Å². The van der Waals surface area contributed by atoms with Gasteiger partial charge in [-0.1, -0.05) is 5.10 Å². The molecule has 0 fully saturated rings. The van der Waals surface area contributed by atoms with E-state index in [9.17, 15) is 20.2 Å². The van der Waals surface area contributed by atoms with Crippen LogP contribution >= 0.6 is 0 Å². The van der Waals surface area contributed by atoms with Crippen molar-refractivity contribution in [3.63, 3.8) is 0 Å². The molecule has 2 heterocycles. The van der Waals surface area contributed by atoms with Gasteiger partial charge < -0.3 is 25.4 Å². The van der Waals surface area contributed by atoms with E-state index in [2.05, 4.69) is 25.6 Å². The summed E-state index contributed by atoms with van der Waals surface area (Å²) in [4.78, 5) is 22.0. The Morgan fingerprint density at radius 3 is 2.41 bits per heavy atom. The van der Waals surface area contributed by atoms with Gasteiger partial charge in [-0.05, 0) is 25.1 Å². The second kappa shape index (κ2) is 3.43. The molecule has 0 unspecified atom stereocenters. The van der Waals surface area contributed by atoms with Crippen LogP contribution < -0.4 is 0 Å². The number of rotatable bonds is 3. The Balaban J connectivity index is 2.64. The molecule has 88 valence electrons. The van der Waals surface area contributed by atoms with Crippen LogP contribution in [0.4, 0.5) is 11.9 Å². The molecule has 2 aromatic heterocycles. The highest BCUT2D eigenvalue weighted by Crippen LogP contribution is 2.16. The third-order valence-electron chi connectivity index (χ3n) is 1.53. The van der Waals surface area contributed by atoms with Gasteiger partial charge in [-0.3, -0.25) is 0 Å². The Labute approximate surface area is 89.4 Å². The lowest BCUT2D eigenvalue weighted by molar-refractivity contribution is -0.403. The third kappa shape index (κ3) is 1.58. The molecule has 0 aliphatic heterocycles. The fourth-order valence-electron chi connectivity index (χ4n) is 0.928. The number of hydrogen-bond acceptors (Lipinski definition) is 10. The minimum absolute atomic E-state index is 0.0609. The molecule has 0 saturated carbocycles. The van der Waals surface area contributed by atoms with Gasteiger partial charge in [0.1, 0.15) is 5.10 Å². The number of tetrazole rings is 1. The maximum atomic E-state index is 10.6. The van der Waals surface area contributed by atoms with Gasteiger partial charge in [0.15, 0.2) is 0 Å². The lowest BCUT2D eigenvalue weighted by Crippen LogP contribution is -2.10. The smallest absolute Gasteiger partial charge is 0.406 e. The van der Waals surface area contributed by atoms with Crippen molar-refractivity contribution < 1.29 is 15.1 Å². The Morgan fingerprint density at radius 1 is 1.24 bits per heavy atom. The van der Waals surface area contributed by atoms with Gasteiger partial charge in [0.05, 0.1) is 0 Å². The van der Waals surface area contributed by atoms with E-state index in [1.165, 1.54) is 0 Å². The molecule has 14 heteroatoms. The maximum Gasteiger partial charge on any atom is 0.509 e. The predicted octanol–water partition coefficient (Wildman–Crippen LogP) is -1.69. The van der Waals surface area contributed by atoms with Crippen molar-refractivity contribution in [2.75, 3.05) is 0 Å². The van der Waals surface area contributed by atoms with Crippen LogP contribution in [0.1, 0.15) is 0 Å². The molecule has 0 bridgehead atoms. The fourth-order valence-corrected chi connectivity index (χ4v) is 0.928. The first kappa shape index (κ1) is 10.3. The molecule has 0 aromatic carbocycles.